The summed E-state index contributed by atoms with van der Waals surface area (Å²) >= 11 is 0. The molecule has 0 bridgehead atoms. The molecule has 26 heavy (non-hydrogen) atoms. The van der Waals surface area contributed by atoms with Gasteiger partial charge >= 0.3 is 6.18 Å². The van der Waals surface area contributed by atoms with Gasteiger partial charge in [0.25, 0.3) is 5.91 Å². The zero-order valence-electron chi connectivity index (χ0n) is 14.2. The number of hydrazine groups is 1. The summed E-state index contributed by atoms with van der Waals surface area (Å²) < 4.78 is 53.6. The van der Waals surface area contributed by atoms with Gasteiger partial charge in [0.1, 0.15) is 5.75 Å². The van der Waals surface area contributed by atoms with E-state index in [-0.39, 0.29) is 17.0 Å². The second-order valence-corrected chi connectivity index (χ2v) is 5.07. The van der Waals surface area contributed by atoms with Gasteiger partial charge in [-0.25, -0.2) is 0 Å². The molecule has 2 aromatic carbocycles. The minimum absolute atomic E-state index is 0.0765. The molecule has 0 atom stereocenters. The number of hydrogen-bond acceptors (Lipinski definition) is 5. The number of rotatable bonds is 6. The highest BCUT2D eigenvalue weighted by molar-refractivity contribution is 5.98. The molecule has 0 unspecified atom stereocenters. The Morgan fingerprint density at radius 2 is 1.54 bits per heavy atom. The summed E-state index contributed by atoms with van der Waals surface area (Å²) in [5.41, 5.74) is 4.13. The number of carbonyl (C=O) groups is 1. The van der Waals surface area contributed by atoms with Crippen LogP contribution in [0.25, 0.3) is 0 Å². The van der Waals surface area contributed by atoms with Gasteiger partial charge < -0.3 is 14.2 Å². The quantitative estimate of drug-likeness (QED) is 0.762. The highest BCUT2D eigenvalue weighted by Gasteiger charge is 2.30. The van der Waals surface area contributed by atoms with Crippen molar-refractivity contribution in [2.24, 2.45) is 0 Å². The smallest absolute Gasteiger partial charge is 0.416 e. The molecule has 0 aliphatic carbocycles. The van der Waals surface area contributed by atoms with Crippen molar-refractivity contribution in [1.82, 2.24) is 5.43 Å². The molecule has 0 saturated carbocycles. The molecule has 9 heteroatoms. The van der Waals surface area contributed by atoms with E-state index < -0.39 is 17.6 Å². The van der Waals surface area contributed by atoms with Crippen LogP contribution in [0.3, 0.4) is 0 Å². The predicted octanol–water partition coefficient (Wildman–Crippen LogP) is 3.49. The molecule has 2 N–H and O–H groups in total. The fourth-order valence-electron chi connectivity index (χ4n) is 2.18. The lowest BCUT2D eigenvalue weighted by Crippen LogP contribution is -2.29. The van der Waals surface area contributed by atoms with E-state index in [0.29, 0.717) is 11.5 Å². The topological polar surface area (TPSA) is 68.8 Å². The Balaban J connectivity index is 2.20. The Morgan fingerprint density at radius 1 is 0.923 bits per heavy atom. The van der Waals surface area contributed by atoms with Gasteiger partial charge in [0.05, 0.1) is 38.1 Å². The number of carbonyl (C=O) groups excluding carboxylic acids is 1. The Bertz CT molecular complexity index is 794. The summed E-state index contributed by atoms with van der Waals surface area (Å²) in [4.78, 5) is 12.4. The first-order chi connectivity index (χ1) is 12.3. The van der Waals surface area contributed by atoms with E-state index in [0.717, 1.165) is 12.1 Å². The Hall–Kier alpha value is -3.10. The number of halogens is 3. The SMILES string of the molecule is COc1cc(OC)c(C(=O)NNc2cccc(C(F)(F)F)c2)cc1OC. The molecule has 0 fully saturated rings. The molecule has 140 valence electrons. The fourth-order valence-corrected chi connectivity index (χ4v) is 2.18. The maximum atomic E-state index is 12.7. The Kier molecular flexibility index (Phi) is 5.81. The number of methoxy groups -OCH3 is 3. The van der Waals surface area contributed by atoms with Gasteiger partial charge in [-0.3, -0.25) is 15.6 Å². The van der Waals surface area contributed by atoms with Crippen molar-refractivity contribution in [1.29, 1.82) is 0 Å². The number of amides is 1. The lowest BCUT2D eigenvalue weighted by molar-refractivity contribution is -0.137. The van der Waals surface area contributed by atoms with Gasteiger partial charge in [-0.15, -0.1) is 0 Å². The summed E-state index contributed by atoms with van der Waals surface area (Å²) in [6.45, 7) is 0. The minimum atomic E-state index is -4.48. The predicted molar refractivity (Wildman–Crippen MR) is 88.6 cm³/mol. The average molecular weight is 370 g/mol. The van der Waals surface area contributed by atoms with Crippen molar-refractivity contribution in [2.45, 2.75) is 6.18 Å². The fraction of sp³-hybridized carbons (Fsp3) is 0.235. The van der Waals surface area contributed by atoms with E-state index in [1.54, 1.807) is 0 Å². The third-order valence-corrected chi connectivity index (χ3v) is 3.46. The molecule has 1 amide bonds. The normalized spacial score (nSPS) is 10.8. The number of nitrogens with one attached hydrogen (secondary N) is 2. The van der Waals surface area contributed by atoms with E-state index in [9.17, 15) is 18.0 Å². The molecule has 2 aromatic rings. The monoisotopic (exact) mass is 370 g/mol. The van der Waals surface area contributed by atoms with Crippen LogP contribution >= 0.6 is 0 Å². The van der Waals surface area contributed by atoms with Crippen LogP contribution < -0.4 is 25.1 Å². The van der Waals surface area contributed by atoms with E-state index in [4.69, 9.17) is 14.2 Å². The first-order valence-electron chi connectivity index (χ1n) is 7.33. The maximum Gasteiger partial charge on any atom is 0.416 e. The van der Waals surface area contributed by atoms with Crippen molar-refractivity contribution < 1.29 is 32.2 Å². The van der Waals surface area contributed by atoms with Crippen LogP contribution in [0.5, 0.6) is 17.2 Å². The molecule has 6 nitrogen and oxygen atoms in total. The summed E-state index contributed by atoms with van der Waals surface area (Å²) in [6, 6.07) is 7.31. The van der Waals surface area contributed by atoms with Crippen molar-refractivity contribution >= 4 is 11.6 Å². The van der Waals surface area contributed by atoms with Gasteiger partial charge in [-0.2, -0.15) is 13.2 Å². The lowest BCUT2D eigenvalue weighted by atomic mass is 10.1. The molecule has 0 aliphatic rings. The van der Waals surface area contributed by atoms with E-state index >= 15 is 0 Å². The van der Waals surface area contributed by atoms with Gasteiger partial charge in [0.2, 0.25) is 0 Å². The first-order valence-corrected chi connectivity index (χ1v) is 7.33. The van der Waals surface area contributed by atoms with Crippen molar-refractivity contribution in [3.8, 4) is 17.2 Å². The Morgan fingerprint density at radius 3 is 2.12 bits per heavy atom. The first kappa shape index (κ1) is 19.2. The molecule has 0 aliphatic heterocycles. The molecule has 0 aromatic heterocycles. The molecule has 0 heterocycles. The van der Waals surface area contributed by atoms with Crippen molar-refractivity contribution in [2.75, 3.05) is 26.8 Å². The summed E-state index contributed by atoms with van der Waals surface area (Å²) in [7, 11) is 4.22. The summed E-state index contributed by atoms with van der Waals surface area (Å²) in [5, 5.41) is 0. The third kappa shape index (κ3) is 4.29. The second kappa shape index (κ2) is 7.85. The standard InChI is InChI=1S/C17H17F3N2O4/c1-24-13-9-15(26-3)14(25-2)8-12(13)16(23)22-21-11-6-4-5-10(7-11)17(18,19)20/h4-9,21H,1-3H3,(H,22,23). The van der Waals surface area contributed by atoms with Crippen molar-refractivity contribution in [3.05, 3.63) is 47.5 Å². The zero-order valence-corrected chi connectivity index (χ0v) is 14.2. The third-order valence-electron chi connectivity index (χ3n) is 3.46. The summed E-state index contributed by atoms with van der Waals surface area (Å²) in [5.74, 6) is 0.260. The lowest BCUT2D eigenvalue weighted by Gasteiger charge is -2.15. The number of anilines is 1. The van der Waals surface area contributed by atoms with Gasteiger partial charge in [0, 0.05) is 12.1 Å². The average Bonchev–Trinajstić information content (AvgIpc) is 2.64. The molecule has 0 saturated heterocycles. The minimum Gasteiger partial charge on any atom is -0.496 e. The molecule has 0 radical (unpaired) electrons. The van der Waals surface area contributed by atoms with Crippen molar-refractivity contribution in [3.63, 3.8) is 0 Å². The second-order valence-electron chi connectivity index (χ2n) is 5.07. The van der Waals surface area contributed by atoms with Gasteiger partial charge in [-0.05, 0) is 18.2 Å². The highest BCUT2D eigenvalue weighted by atomic mass is 19.4. The zero-order chi connectivity index (χ0) is 19.3. The number of alkyl halides is 3. The highest BCUT2D eigenvalue weighted by Crippen LogP contribution is 2.34. The number of benzene rings is 2. The Labute approximate surface area is 147 Å². The van der Waals surface area contributed by atoms with Crippen LogP contribution in [0, 0.1) is 0 Å². The van der Waals surface area contributed by atoms with E-state index in [1.165, 1.54) is 45.6 Å². The van der Waals surface area contributed by atoms with Gasteiger partial charge in [-0.1, -0.05) is 6.07 Å². The van der Waals surface area contributed by atoms with Crippen LogP contribution in [0.2, 0.25) is 0 Å². The number of hydrogen-bond donors (Lipinski definition) is 2. The molecule has 0 spiro atoms. The molecule has 2 rings (SSSR count). The van der Waals surface area contributed by atoms with Crippen LogP contribution in [0.1, 0.15) is 15.9 Å². The van der Waals surface area contributed by atoms with Crippen LogP contribution in [0.15, 0.2) is 36.4 Å². The van der Waals surface area contributed by atoms with Crippen LogP contribution in [0.4, 0.5) is 18.9 Å². The molecular formula is C17H17F3N2O4. The summed E-state index contributed by atoms with van der Waals surface area (Å²) in [6.07, 6.45) is -4.48. The van der Waals surface area contributed by atoms with Crippen LogP contribution in [-0.2, 0) is 6.18 Å². The van der Waals surface area contributed by atoms with E-state index in [2.05, 4.69) is 10.9 Å². The van der Waals surface area contributed by atoms with E-state index in [1.807, 2.05) is 0 Å². The van der Waals surface area contributed by atoms with Gasteiger partial charge in [0.15, 0.2) is 11.5 Å². The van der Waals surface area contributed by atoms with Crippen LogP contribution in [-0.4, -0.2) is 27.2 Å². The maximum absolute atomic E-state index is 12.7. The molecular weight excluding hydrogens is 353 g/mol. The number of ether oxygens (including phenoxy) is 3. The largest absolute Gasteiger partial charge is 0.496 e.